The largest absolute Gasteiger partial charge is 0.454 e. The van der Waals surface area contributed by atoms with Crippen LogP contribution in [0.25, 0.3) is 0 Å². The maximum absolute atomic E-state index is 13.3. The molecule has 2 aromatic carbocycles. The first-order valence-corrected chi connectivity index (χ1v) is 8.73. The molecule has 2 aliphatic rings. The number of carbonyl (C=O) groups excluding carboxylic acids is 2. The molecular weight excluding hydrogens is 367 g/mol. The van der Waals surface area contributed by atoms with Gasteiger partial charge in [0.05, 0.1) is 0 Å². The first-order chi connectivity index (χ1) is 13.4. The molecule has 0 radical (unpaired) electrons. The second-order valence-electron chi connectivity index (χ2n) is 6.82. The zero-order valence-corrected chi connectivity index (χ0v) is 15.6. The normalized spacial score (nSPS) is 20.0. The molecule has 146 valence electrons. The minimum Gasteiger partial charge on any atom is -0.454 e. The van der Waals surface area contributed by atoms with E-state index in [0.717, 1.165) is 5.69 Å². The first kappa shape index (κ1) is 18.1. The fraction of sp³-hybridized carbons (Fsp3) is 0.300. The number of rotatable bonds is 4. The van der Waals surface area contributed by atoms with Gasteiger partial charge in [0.15, 0.2) is 11.5 Å². The maximum atomic E-state index is 13.3. The predicted molar refractivity (Wildman–Crippen MR) is 99.1 cm³/mol. The molecule has 0 aliphatic carbocycles. The number of fused-ring (bicyclic) bond motifs is 1. The Bertz CT molecular complexity index is 944. The van der Waals surface area contributed by atoms with Gasteiger partial charge in [0.1, 0.15) is 11.9 Å². The summed E-state index contributed by atoms with van der Waals surface area (Å²) in [5.41, 5.74) is 2.01. The van der Waals surface area contributed by atoms with Crippen LogP contribution in [0.15, 0.2) is 36.4 Å². The maximum Gasteiger partial charge on any atom is 0.303 e. The molecule has 2 atom stereocenters. The fourth-order valence-electron chi connectivity index (χ4n) is 3.45. The molecule has 1 saturated heterocycles. The van der Waals surface area contributed by atoms with Gasteiger partial charge in [0.2, 0.25) is 12.9 Å². The van der Waals surface area contributed by atoms with Gasteiger partial charge >= 0.3 is 5.97 Å². The van der Waals surface area contributed by atoms with Crippen LogP contribution in [0.2, 0.25) is 0 Å². The van der Waals surface area contributed by atoms with Crippen LogP contribution >= 0.6 is 0 Å². The van der Waals surface area contributed by atoms with Gasteiger partial charge in [-0.15, -0.1) is 0 Å². The number of β-lactam (4-membered cyclic amide) rings is 1. The SMILES string of the molecule is CC(=O)O[C@@H]1C(=O)N(c2ccc(F)cc2)[C@@H]1c1cc(N(C)C)cc2c1OCO2. The Balaban J connectivity index is 1.82. The molecule has 1 fully saturated rings. The fourth-order valence-corrected chi connectivity index (χ4v) is 3.45. The van der Waals surface area contributed by atoms with Crippen LogP contribution in [0.1, 0.15) is 18.5 Å². The van der Waals surface area contributed by atoms with E-state index in [9.17, 15) is 14.0 Å². The summed E-state index contributed by atoms with van der Waals surface area (Å²) in [5.74, 6) is -0.278. The summed E-state index contributed by atoms with van der Waals surface area (Å²) in [6.45, 7) is 1.32. The third-order valence-corrected chi connectivity index (χ3v) is 4.76. The van der Waals surface area contributed by atoms with Crippen molar-refractivity contribution in [1.29, 1.82) is 0 Å². The van der Waals surface area contributed by atoms with Crippen molar-refractivity contribution in [1.82, 2.24) is 0 Å². The van der Waals surface area contributed by atoms with Crippen LogP contribution in [0.4, 0.5) is 15.8 Å². The average Bonchev–Trinajstić information content (AvgIpc) is 3.13. The number of nitrogens with zero attached hydrogens (tertiary/aromatic N) is 2. The highest BCUT2D eigenvalue weighted by atomic mass is 19.1. The molecule has 8 heteroatoms. The second-order valence-corrected chi connectivity index (χ2v) is 6.82. The van der Waals surface area contributed by atoms with E-state index in [0.29, 0.717) is 22.7 Å². The monoisotopic (exact) mass is 386 g/mol. The molecule has 0 bridgehead atoms. The summed E-state index contributed by atoms with van der Waals surface area (Å²) >= 11 is 0. The Kier molecular flexibility index (Phi) is 4.33. The van der Waals surface area contributed by atoms with Crippen molar-refractivity contribution < 1.29 is 28.2 Å². The van der Waals surface area contributed by atoms with Crippen molar-refractivity contribution in [3.05, 3.63) is 47.8 Å². The van der Waals surface area contributed by atoms with Gasteiger partial charge in [-0.05, 0) is 30.3 Å². The Morgan fingerprint density at radius 1 is 1.21 bits per heavy atom. The molecule has 2 aromatic rings. The van der Waals surface area contributed by atoms with E-state index in [4.69, 9.17) is 14.2 Å². The van der Waals surface area contributed by atoms with Crippen molar-refractivity contribution in [2.45, 2.75) is 19.1 Å². The molecule has 0 aromatic heterocycles. The molecule has 2 aliphatic heterocycles. The van der Waals surface area contributed by atoms with Gasteiger partial charge in [-0.3, -0.25) is 14.5 Å². The standard InChI is InChI=1S/C20H19FN2O5/c1-11(24)28-19-17(23(20(19)25)13-6-4-12(21)5-7-13)15-8-14(22(2)3)9-16-18(15)27-10-26-16/h4-9,17,19H,10H2,1-3H3/t17-,19+/m1/s1. The van der Waals surface area contributed by atoms with Crippen molar-refractivity contribution in [2.24, 2.45) is 0 Å². The first-order valence-electron chi connectivity index (χ1n) is 8.73. The molecule has 0 spiro atoms. The van der Waals surface area contributed by atoms with E-state index in [1.54, 1.807) is 0 Å². The van der Waals surface area contributed by atoms with E-state index in [1.165, 1.54) is 36.1 Å². The molecule has 2 heterocycles. The summed E-state index contributed by atoms with van der Waals surface area (Å²) in [6, 6.07) is 8.68. The minimum atomic E-state index is -0.992. The van der Waals surface area contributed by atoms with Gasteiger partial charge in [-0.1, -0.05) is 0 Å². The van der Waals surface area contributed by atoms with Gasteiger partial charge < -0.3 is 19.1 Å². The molecule has 4 rings (SSSR count). The van der Waals surface area contributed by atoms with Crippen LogP contribution in [-0.4, -0.2) is 38.9 Å². The molecule has 0 unspecified atom stereocenters. The number of benzene rings is 2. The van der Waals surface area contributed by atoms with E-state index in [1.807, 2.05) is 31.1 Å². The van der Waals surface area contributed by atoms with E-state index < -0.39 is 23.9 Å². The van der Waals surface area contributed by atoms with E-state index >= 15 is 0 Å². The number of hydrogen-bond donors (Lipinski definition) is 0. The third kappa shape index (κ3) is 2.90. The number of anilines is 2. The topological polar surface area (TPSA) is 68.3 Å². The van der Waals surface area contributed by atoms with Crippen molar-refractivity contribution in [3.8, 4) is 11.5 Å². The molecular formula is C20H19FN2O5. The zero-order chi connectivity index (χ0) is 20.0. The van der Waals surface area contributed by atoms with Crippen LogP contribution < -0.4 is 19.3 Å². The average molecular weight is 386 g/mol. The minimum absolute atomic E-state index is 0.0641. The summed E-state index contributed by atoms with van der Waals surface area (Å²) in [7, 11) is 3.77. The number of hydrogen-bond acceptors (Lipinski definition) is 6. The van der Waals surface area contributed by atoms with Gasteiger partial charge in [-0.25, -0.2) is 4.39 Å². The Morgan fingerprint density at radius 2 is 1.93 bits per heavy atom. The molecule has 1 amide bonds. The highest BCUT2D eigenvalue weighted by Crippen LogP contribution is 2.49. The summed E-state index contributed by atoms with van der Waals surface area (Å²) in [6.07, 6.45) is -0.992. The lowest BCUT2D eigenvalue weighted by Crippen LogP contribution is -2.60. The number of ether oxygens (including phenoxy) is 3. The highest BCUT2D eigenvalue weighted by Gasteiger charge is 2.53. The predicted octanol–water partition coefficient (Wildman–Crippen LogP) is 2.64. The summed E-state index contributed by atoms with van der Waals surface area (Å²) < 4.78 is 29.8. The second kappa shape index (κ2) is 6.70. The lowest BCUT2D eigenvalue weighted by Gasteiger charge is -2.46. The lowest BCUT2D eigenvalue weighted by atomic mass is 9.88. The summed E-state index contributed by atoms with van der Waals surface area (Å²) in [5, 5.41) is 0. The van der Waals surface area contributed by atoms with Crippen LogP contribution in [0.3, 0.4) is 0 Å². The molecule has 28 heavy (non-hydrogen) atoms. The van der Waals surface area contributed by atoms with Crippen molar-refractivity contribution in [2.75, 3.05) is 30.7 Å². The number of esters is 1. The molecule has 0 saturated carbocycles. The highest BCUT2D eigenvalue weighted by molar-refractivity contribution is 6.06. The van der Waals surface area contributed by atoms with Gasteiger partial charge in [-0.2, -0.15) is 0 Å². The van der Waals surface area contributed by atoms with Crippen LogP contribution in [0, 0.1) is 5.82 Å². The molecule has 0 N–H and O–H groups in total. The van der Waals surface area contributed by atoms with Crippen molar-refractivity contribution >= 4 is 23.3 Å². The van der Waals surface area contributed by atoms with Crippen LogP contribution in [-0.2, 0) is 14.3 Å². The zero-order valence-electron chi connectivity index (χ0n) is 15.6. The summed E-state index contributed by atoms with van der Waals surface area (Å²) in [4.78, 5) is 27.7. The van der Waals surface area contributed by atoms with E-state index in [-0.39, 0.29) is 12.7 Å². The number of halogens is 1. The molecule has 7 nitrogen and oxygen atoms in total. The van der Waals surface area contributed by atoms with Crippen molar-refractivity contribution in [3.63, 3.8) is 0 Å². The van der Waals surface area contributed by atoms with Crippen LogP contribution in [0.5, 0.6) is 11.5 Å². The quantitative estimate of drug-likeness (QED) is 0.595. The van der Waals surface area contributed by atoms with Gasteiger partial charge in [0, 0.05) is 44.0 Å². The lowest BCUT2D eigenvalue weighted by molar-refractivity contribution is -0.160. The Labute approximate surface area is 161 Å². The van der Waals surface area contributed by atoms with Gasteiger partial charge in [0.25, 0.3) is 5.91 Å². The smallest absolute Gasteiger partial charge is 0.303 e. The Hall–Kier alpha value is -3.29. The third-order valence-electron chi connectivity index (χ3n) is 4.76. The van der Waals surface area contributed by atoms with E-state index in [2.05, 4.69) is 0 Å². The Morgan fingerprint density at radius 3 is 2.57 bits per heavy atom. The number of amides is 1. The number of carbonyl (C=O) groups is 2.